The summed E-state index contributed by atoms with van der Waals surface area (Å²) in [5.74, 6) is 0.179. The van der Waals surface area contributed by atoms with Crippen molar-refractivity contribution in [2.45, 2.75) is 25.7 Å². The fraction of sp³-hybridized carbons (Fsp3) is 0.263. The first-order valence-electron chi connectivity index (χ1n) is 8.46. The minimum Gasteiger partial charge on any atom is -0.338 e. The highest BCUT2D eigenvalue weighted by Gasteiger charge is 2.15. The Morgan fingerprint density at radius 2 is 1.67 bits per heavy atom. The monoisotopic (exact) mass is 389 g/mol. The largest absolute Gasteiger partial charge is 0.338 e. The minimum atomic E-state index is -3.81. The van der Waals surface area contributed by atoms with E-state index in [-0.39, 0.29) is 16.7 Å². The molecule has 0 aromatic heterocycles. The number of carbonyl (C=O) groups is 2. The van der Waals surface area contributed by atoms with Gasteiger partial charge in [0.1, 0.15) is 0 Å². The van der Waals surface area contributed by atoms with Gasteiger partial charge in [0.05, 0.1) is 4.90 Å². The first kappa shape index (κ1) is 20.4. The van der Waals surface area contributed by atoms with E-state index in [0.717, 1.165) is 0 Å². The van der Waals surface area contributed by atoms with Crippen molar-refractivity contribution >= 4 is 33.2 Å². The highest BCUT2D eigenvalue weighted by atomic mass is 32.2. The van der Waals surface area contributed by atoms with Crippen LogP contribution in [0.4, 0.5) is 16.2 Å². The Bertz CT molecular complexity index is 922. The molecule has 2 aromatic rings. The third-order valence-electron chi connectivity index (χ3n) is 3.61. The van der Waals surface area contributed by atoms with Crippen molar-refractivity contribution in [3.63, 3.8) is 0 Å². The van der Waals surface area contributed by atoms with Gasteiger partial charge in [-0.3, -0.25) is 9.52 Å². The zero-order valence-corrected chi connectivity index (χ0v) is 16.3. The lowest BCUT2D eigenvalue weighted by atomic mass is 10.1. The summed E-state index contributed by atoms with van der Waals surface area (Å²) in [7, 11) is -3.81. The Kier molecular flexibility index (Phi) is 6.57. The van der Waals surface area contributed by atoms with Crippen LogP contribution >= 0.6 is 0 Å². The molecule has 2 rings (SSSR count). The van der Waals surface area contributed by atoms with Gasteiger partial charge >= 0.3 is 6.03 Å². The average Bonchev–Trinajstić information content (AvgIpc) is 2.60. The molecular weight excluding hydrogens is 366 g/mol. The number of anilines is 2. The first-order chi connectivity index (χ1) is 12.7. The van der Waals surface area contributed by atoms with E-state index in [0.29, 0.717) is 29.4 Å². The molecule has 7 nitrogen and oxygen atoms in total. The highest BCUT2D eigenvalue weighted by molar-refractivity contribution is 7.92. The van der Waals surface area contributed by atoms with Crippen LogP contribution in [0.5, 0.6) is 0 Å². The lowest BCUT2D eigenvalue weighted by Crippen LogP contribution is -2.31. The lowest BCUT2D eigenvalue weighted by molar-refractivity contribution is 0.101. The number of hydrogen-bond donors (Lipinski definition) is 3. The van der Waals surface area contributed by atoms with Crippen molar-refractivity contribution in [3.05, 3.63) is 54.1 Å². The molecule has 0 spiro atoms. The van der Waals surface area contributed by atoms with E-state index in [1.54, 1.807) is 18.2 Å². The summed E-state index contributed by atoms with van der Waals surface area (Å²) in [5.41, 5.74) is 1.20. The summed E-state index contributed by atoms with van der Waals surface area (Å²) in [6.45, 7) is 5.93. The molecule has 0 unspecified atom stereocenters. The molecule has 0 aliphatic rings. The Hall–Kier alpha value is -2.87. The number of rotatable bonds is 7. The van der Waals surface area contributed by atoms with Crippen LogP contribution in [-0.2, 0) is 10.0 Å². The summed E-state index contributed by atoms with van der Waals surface area (Å²) in [5, 5.41) is 5.36. The molecule has 0 heterocycles. The van der Waals surface area contributed by atoms with Crippen molar-refractivity contribution in [3.8, 4) is 0 Å². The third-order valence-corrected chi connectivity index (χ3v) is 5.01. The van der Waals surface area contributed by atoms with Gasteiger partial charge in [0, 0.05) is 23.5 Å². The molecule has 144 valence electrons. The maximum atomic E-state index is 12.5. The molecule has 0 aliphatic heterocycles. The van der Waals surface area contributed by atoms with E-state index >= 15 is 0 Å². The second-order valence-corrected chi connectivity index (χ2v) is 8.18. The molecule has 2 amide bonds. The molecular formula is C19H23N3O4S. The van der Waals surface area contributed by atoms with Crippen LogP contribution in [0.2, 0.25) is 0 Å². The van der Waals surface area contributed by atoms with Crippen molar-refractivity contribution in [1.82, 2.24) is 5.32 Å². The van der Waals surface area contributed by atoms with Crippen LogP contribution in [-0.4, -0.2) is 26.8 Å². The van der Waals surface area contributed by atoms with Gasteiger partial charge in [-0.2, -0.15) is 0 Å². The van der Waals surface area contributed by atoms with Gasteiger partial charge in [0.15, 0.2) is 5.78 Å². The lowest BCUT2D eigenvalue weighted by Gasteiger charge is -2.11. The predicted octanol–water partition coefficient (Wildman–Crippen LogP) is 3.47. The standard InChI is InChI=1S/C19H23N3O4S/c1-13(2)12-20-19(24)21-16-7-9-18(10-8-16)27(25,26)22-17-6-4-5-15(11-17)14(3)23/h4-11,13,22H,12H2,1-3H3,(H2,20,21,24). The number of amides is 2. The van der Waals surface area contributed by atoms with Gasteiger partial charge in [-0.05, 0) is 49.2 Å². The molecule has 0 aliphatic carbocycles. The number of carbonyl (C=O) groups excluding carboxylic acids is 2. The predicted molar refractivity (Wildman–Crippen MR) is 106 cm³/mol. The fourth-order valence-electron chi connectivity index (χ4n) is 2.21. The first-order valence-corrected chi connectivity index (χ1v) is 9.94. The summed E-state index contributed by atoms with van der Waals surface area (Å²) < 4.78 is 27.4. The topological polar surface area (TPSA) is 104 Å². The minimum absolute atomic E-state index is 0.0452. The number of sulfonamides is 1. The normalized spacial score (nSPS) is 11.1. The van der Waals surface area contributed by atoms with Crippen molar-refractivity contribution in [1.29, 1.82) is 0 Å². The second-order valence-electron chi connectivity index (χ2n) is 6.50. The number of nitrogens with one attached hydrogen (secondary N) is 3. The maximum Gasteiger partial charge on any atom is 0.319 e. The fourth-order valence-corrected chi connectivity index (χ4v) is 3.25. The summed E-state index contributed by atoms with van der Waals surface area (Å²) >= 11 is 0. The Morgan fingerprint density at radius 1 is 1.00 bits per heavy atom. The molecule has 0 bridgehead atoms. The second kappa shape index (κ2) is 8.68. The molecule has 0 fully saturated rings. The van der Waals surface area contributed by atoms with Gasteiger partial charge in [-0.15, -0.1) is 0 Å². The number of Topliss-reactive ketones (excluding diaryl/α,β-unsaturated/α-hetero) is 1. The quantitative estimate of drug-likeness (QED) is 0.631. The molecule has 0 radical (unpaired) electrons. The molecule has 0 saturated carbocycles. The molecule has 0 atom stereocenters. The molecule has 0 saturated heterocycles. The third kappa shape index (κ3) is 6.10. The van der Waals surface area contributed by atoms with E-state index in [4.69, 9.17) is 0 Å². The van der Waals surface area contributed by atoms with Crippen molar-refractivity contribution in [2.24, 2.45) is 5.92 Å². The Labute approximate surface area is 159 Å². The van der Waals surface area contributed by atoms with Gasteiger partial charge in [0.2, 0.25) is 0 Å². The van der Waals surface area contributed by atoms with Gasteiger partial charge in [0.25, 0.3) is 10.0 Å². The average molecular weight is 389 g/mol. The number of ketones is 1. The molecule has 8 heteroatoms. The van der Waals surface area contributed by atoms with Crippen LogP contribution in [0.25, 0.3) is 0 Å². The SMILES string of the molecule is CC(=O)c1cccc(NS(=O)(=O)c2ccc(NC(=O)NCC(C)C)cc2)c1. The van der Waals surface area contributed by atoms with E-state index in [9.17, 15) is 18.0 Å². The highest BCUT2D eigenvalue weighted by Crippen LogP contribution is 2.19. The molecule has 27 heavy (non-hydrogen) atoms. The van der Waals surface area contributed by atoms with E-state index in [2.05, 4.69) is 15.4 Å². The van der Waals surface area contributed by atoms with Crippen molar-refractivity contribution in [2.75, 3.05) is 16.6 Å². The van der Waals surface area contributed by atoms with E-state index in [1.807, 2.05) is 13.8 Å². The zero-order chi connectivity index (χ0) is 20.0. The van der Waals surface area contributed by atoms with E-state index < -0.39 is 10.0 Å². The van der Waals surface area contributed by atoms with E-state index in [1.165, 1.54) is 37.3 Å². The summed E-state index contributed by atoms with van der Waals surface area (Å²) in [4.78, 5) is 23.2. The van der Waals surface area contributed by atoms with Gasteiger partial charge < -0.3 is 10.6 Å². The van der Waals surface area contributed by atoms with Crippen LogP contribution < -0.4 is 15.4 Å². The molecule has 2 aromatic carbocycles. The van der Waals surface area contributed by atoms with Crippen LogP contribution in [0.15, 0.2) is 53.4 Å². The Balaban J connectivity index is 2.07. The number of hydrogen-bond acceptors (Lipinski definition) is 4. The molecule has 3 N–H and O–H groups in total. The van der Waals surface area contributed by atoms with Crippen molar-refractivity contribution < 1.29 is 18.0 Å². The van der Waals surface area contributed by atoms with Crippen LogP contribution in [0.3, 0.4) is 0 Å². The summed E-state index contributed by atoms with van der Waals surface area (Å²) in [6, 6.07) is 11.7. The number of benzene rings is 2. The smallest absolute Gasteiger partial charge is 0.319 e. The zero-order valence-electron chi connectivity index (χ0n) is 15.4. The Morgan fingerprint density at radius 3 is 2.26 bits per heavy atom. The van der Waals surface area contributed by atoms with Crippen LogP contribution in [0, 0.1) is 5.92 Å². The van der Waals surface area contributed by atoms with Crippen LogP contribution in [0.1, 0.15) is 31.1 Å². The van der Waals surface area contributed by atoms with Gasteiger partial charge in [-0.25, -0.2) is 13.2 Å². The van der Waals surface area contributed by atoms with Gasteiger partial charge in [-0.1, -0.05) is 26.0 Å². The summed E-state index contributed by atoms with van der Waals surface area (Å²) in [6.07, 6.45) is 0. The number of urea groups is 1. The maximum absolute atomic E-state index is 12.5.